The fourth-order valence-corrected chi connectivity index (χ4v) is 3.36. The SMILES string of the molecule is CCOC(=O)c1nn(-c2c(Cl)cc(C(F)(F)F)cc2Cl)c(N)c1SC(F)(F)F. The lowest BCUT2D eigenvalue weighted by Gasteiger charge is -2.13. The standard InChI is InChI=1S/C14H9Cl2F6N3O2S/c1-2-27-12(26)8-10(28-14(20,21)22)11(23)25(24-8)9-6(15)3-5(4-7(9)16)13(17,18)19/h3-4H,2,23H2,1H3. The normalized spacial score (nSPS) is 12.3. The molecule has 1 aromatic heterocycles. The van der Waals surface area contributed by atoms with Crippen LogP contribution >= 0.6 is 35.0 Å². The Morgan fingerprint density at radius 3 is 2.18 bits per heavy atom. The highest BCUT2D eigenvalue weighted by Crippen LogP contribution is 2.44. The zero-order valence-corrected chi connectivity index (χ0v) is 15.9. The smallest absolute Gasteiger partial charge is 0.446 e. The van der Waals surface area contributed by atoms with Crippen LogP contribution in [0.5, 0.6) is 0 Å². The molecule has 0 amide bonds. The average molecular weight is 468 g/mol. The third kappa shape index (κ3) is 4.78. The van der Waals surface area contributed by atoms with E-state index in [9.17, 15) is 31.1 Å². The molecule has 1 aromatic carbocycles. The molecule has 2 N–H and O–H groups in total. The van der Waals surface area contributed by atoms with Crippen LogP contribution in [0, 0.1) is 0 Å². The molecule has 14 heteroatoms. The predicted octanol–water partition coefficient (Wildman–Crippen LogP) is 5.57. The molecule has 0 bridgehead atoms. The summed E-state index contributed by atoms with van der Waals surface area (Å²) < 4.78 is 82.3. The molecule has 0 atom stereocenters. The first-order valence-corrected chi connectivity index (χ1v) is 8.71. The second-order valence-corrected chi connectivity index (χ2v) is 6.92. The van der Waals surface area contributed by atoms with Crippen molar-refractivity contribution in [2.45, 2.75) is 23.5 Å². The molecule has 0 unspecified atom stereocenters. The number of nitrogens with zero attached hydrogens (tertiary/aromatic N) is 2. The van der Waals surface area contributed by atoms with Gasteiger partial charge >= 0.3 is 17.7 Å². The van der Waals surface area contributed by atoms with E-state index in [1.54, 1.807) is 0 Å². The monoisotopic (exact) mass is 467 g/mol. The predicted molar refractivity (Wildman–Crippen MR) is 90.9 cm³/mol. The summed E-state index contributed by atoms with van der Waals surface area (Å²) in [4.78, 5) is 11.2. The van der Waals surface area contributed by atoms with E-state index in [2.05, 4.69) is 9.84 Å². The van der Waals surface area contributed by atoms with E-state index in [-0.39, 0.29) is 6.61 Å². The molecule has 154 valence electrons. The second-order valence-electron chi connectivity index (χ2n) is 5.03. The van der Waals surface area contributed by atoms with Gasteiger partial charge < -0.3 is 10.5 Å². The van der Waals surface area contributed by atoms with Crippen molar-refractivity contribution in [2.24, 2.45) is 0 Å². The number of alkyl halides is 6. The van der Waals surface area contributed by atoms with Crippen molar-refractivity contribution in [3.05, 3.63) is 33.4 Å². The zero-order chi connectivity index (χ0) is 21.4. The van der Waals surface area contributed by atoms with E-state index >= 15 is 0 Å². The van der Waals surface area contributed by atoms with E-state index in [0.717, 1.165) is 0 Å². The Balaban J connectivity index is 2.70. The van der Waals surface area contributed by atoms with Crippen LogP contribution in [-0.4, -0.2) is 27.9 Å². The quantitative estimate of drug-likeness (QED) is 0.361. The Bertz CT molecular complexity index is 891. The molecule has 0 radical (unpaired) electrons. The highest BCUT2D eigenvalue weighted by atomic mass is 35.5. The Labute approximate surface area is 167 Å². The number of halogens is 8. The molecule has 0 aliphatic heterocycles. The van der Waals surface area contributed by atoms with Crippen molar-refractivity contribution in [2.75, 3.05) is 12.3 Å². The fourth-order valence-electron chi connectivity index (χ4n) is 2.07. The summed E-state index contributed by atoms with van der Waals surface area (Å²) in [5, 5.41) is 2.46. The summed E-state index contributed by atoms with van der Waals surface area (Å²) in [5.41, 5.74) is -1.56. The summed E-state index contributed by atoms with van der Waals surface area (Å²) in [5.74, 6) is -1.91. The number of ether oxygens (including phenoxy) is 1. The lowest BCUT2D eigenvalue weighted by molar-refractivity contribution is -0.137. The van der Waals surface area contributed by atoms with Crippen LogP contribution in [0.25, 0.3) is 5.69 Å². The maximum Gasteiger partial charge on any atom is 0.446 e. The highest BCUT2D eigenvalue weighted by Gasteiger charge is 2.37. The van der Waals surface area contributed by atoms with E-state index in [0.29, 0.717) is 16.8 Å². The Kier molecular flexibility index (Phi) is 6.36. The lowest BCUT2D eigenvalue weighted by atomic mass is 10.2. The molecule has 0 fully saturated rings. The van der Waals surface area contributed by atoms with Crippen LogP contribution in [0.4, 0.5) is 32.2 Å². The molecule has 5 nitrogen and oxygen atoms in total. The summed E-state index contributed by atoms with van der Waals surface area (Å²) in [7, 11) is 0. The van der Waals surface area contributed by atoms with E-state index in [1.165, 1.54) is 6.92 Å². The third-order valence-corrected chi connectivity index (χ3v) is 4.53. The van der Waals surface area contributed by atoms with Crippen LogP contribution in [0.2, 0.25) is 10.0 Å². The number of carbonyl (C=O) groups excluding carboxylic acids is 1. The molecule has 0 saturated carbocycles. The Morgan fingerprint density at radius 1 is 1.21 bits per heavy atom. The number of carbonyl (C=O) groups is 1. The van der Waals surface area contributed by atoms with E-state index < -0.39 is 67.1 Å². The lowest BCUT2D eigenvalue weighted by Crippen LogP contribution is -2.10. The summed E-state index contributed by atoms with van der Waals surface area (Å²) >= 11 is 10.9. The number of nitrogens with two attached hydrogens (primary N) is 1. The van der Waals surface area contributed by atoms with Gasteiger partial charge in [-0.3, -0.25) is 0 Å². The van der Waals surface area contributed by atoms with Crippen molar-refractivity contribution in [1.82, 2.24) is 9.78 Å². The van der Waals surface area contributed by atoms with Gasteiger partial charge in [0.1, 0.15) is 11.5 Å². The minimum absolute atomic E-state index is 0.163. The first-order chi connectivity index (χ1) is 12.8. The summed E-state index contributed by atoms with van der Waals surface area (Å²) in [6, 6.07) is 1.01. The van der Waals surface area contributed by atoms with Gasteiger partial charge in [0.2, 0.25) is 0 Å². The molecule has 0 spiro atoms. The molecule has 1 heterocycles. The number of anilines is 1. The molecule has 0 aliphatic rings. The highest BCUT2D eigenvalue weighted by molar-refractivity contribution is 8.00. The van der Waals surface area contributed by atoms with Gasteiger partial charge in [0, 0.05) is 0 Å². The Hall–Kier alpha value is -1.79. The van der Waals surface area contributed by atoms with Crippen molar-refractivity contribution in [3.8, 4) is 5.69 Å². The van der Waals surface area contributed by atoms with Gasteiger partial charge in [-0.25, -0.2) is 9.48 Å². The van der Waals surface area contributed by atoms with Gasteiger partial charge in [0.15, 0.2) is 5.69 Å². The number of hydrogen-bond acceptors (Lipinski definition) is 5. The van der Waals surface area contributed by atoms with Crippen molar-refractivity contribution in [1.29, 1.82) is 0 Å². The number of nitrogen functional groups attached to an aromatic ring is 1. The minimum atomic E-state index is -4.84. The maximum atomic E-state index is 12.9. The van der Waals surface area contributed by atoms with E-state index in [1.807, 2.05) is 0 Å². The van der Waals surface area contributed by atoms with Crippen LogP contribution in [0.1, 0.15) is 23.0 Å². The molecule has 28 heavy (non-hydrogen) atoms. The topological polar surface area (TPSA) is 70.1 Å². The minimum Gasteiger partial charge on any atom is -0.461 e. The molecular weight excluding hydrogens is 459 g/mol. The van der Waals surface area contributed by atoms with Crippen LogP contribution in [0.3, 0.4) is 0 Å². The number of esters is 1. The van der Waals surface area contributed by atoms with Gasteiger partial charge in [-0.15, -0.1) is 0 Å². The molecule has 0 saturated heterocycles. The van der Waals surface area contributed by atoms with Crippen molar-refractivity contribution < 1.29 is 35.9 Å². The van der Waals surface area contributed by atoms with Gasteiger partial charge in [-0.05, 0) is 30.8 Å². The van der Waals surface area contributed by atoms with Crippen LogP contribution in [0.15, 0.2) is 17.0 Å². The molecule has 2 aromatic rings. The number of thioether (sulfide) groups is 1. The number of benzene rings is 1. The van der Waals surface area contributed by atoms with Crippen molar-refractivity contribution >= 4 is 46.8 Å². The molecule has 0 aliphatic carbocycles. The van der Waals surface area contributed by atoms with Gasteiger partial charge in [-0.1, -0.05) is 23.2 Å². The second kappa shape index (κ2) is 7.91. The van der Waals surface area contributed by atoms with Crippen LogP contribution in [-0.2, 0) is 10.9 Å². The first-order valence-electron chi connectivity index (χ1n) is 7.14. The maximum absolute atomic E-state index is 12.9. The largest absolute Gasteiger partial charge is 0.461 e. The Morgan fingerprint density at radius 2 is 1.75 bits per heavy atom. The molecule has 2 rings (SSSR count). The van der Waals surface area contributed by atoms with Gasteiger partial charge in [-0.2, -0.15) is 31.4 Å². The number of aromatic nitrogens is 2. The van der Waals surface area contributed by atoms with E-state index in [4.69, 9.17) is 28.9 Å². The third-order valence-electron chi connectivity index (χ3n) is 3.12. The summed E-state index contributed by atoms with van der Waals surface area (Å²) in [6.07, 6.45) is -4.77. The van der Waals surface area contributed by atoms with Crippen molar-refractivity contribution in [3.63, 3.8) is 0 Å². The first kappa shape index (κ1) is 22.5. The fraction of sp³-hybridized carbons (Fsp3) is 0.286. The summed E-state index contributed by atoms with van der Waals surface area (Å²) in [6.45, 7) is 1.25. The number of rotatable bonds is 4. The molecular formula is C14H9Cl2F6N3O2S. The van der Waals surface area contributed by atoms with Gasteiger partial charge in [0.05, 0.1) is 27.1 Å². The average Bonchev–Trinajstić information content (AvgIpc) is 2.82. The van der Waals surface area contributed by atoms with Crippen LogP contribution < -0.4 is 5.73 Å². The number of hydrogen-bond donors (Lipinski definition) is 1. The zero-order valence-electron chi connectivity index (χ0n) is 13.6. The van der Waals surface area contributed by atoms with Gasteiger partial charge in [0.25, 0.3) is 0 Å².